The van der Waals surface area contributed by atoms with Gasteiger partial charge in [-0.15, -0.1) is 0 Å². The maximum atomic E-state index is 14.0. The Kier molecular flexibility index (Phi) is 6.70. The van der Waals surface area contributed by atoms with E-state index in [0.717, 1.165) is 12.3 Å². The highest BCUT2D eigenvalue weighted by Gasteiger charge is 2.41. The zero-order valence-electron chi connectivity index (χ0n) is 17.9. The molecule has 0 fully saturated rings. The number of hydrogen-bond donors (Lipinski definition) is 2. The number of ether oxygens (including phenoxy) is 1. The molecule has 1 aromatic heterocycles. The van der Waals surface area contributed by atoms with E-state index in [1.54, 1.807) is 0 Å². The van der Waals surface area contributed by atoms with Gasteiger partial charge >= 0.3 is 12.1 Å². The Balaban J connectivity index is 1.91. The Labute approximate surface area is 190 Å². The summed E-state index contributed by atoms with van der Waals surface area (Å²) in [7, 11) is 0. The Hall–Kier alpha value is -4.22. The van der Waals surface area contributed by atoms with Crippen molar-refractivity contribution >= 4 is 23.5 Å². The molecule has 0 radical (unpaired) electrons. The largest absolute Gasteiger partial charge is 0.462 e. The van der Waals surface area contributed by atoms with E-state index in [2.05, 4.69) is 15.2 Å². The third-order valence-electron chi connectivity index (χ3n) is 4.78. The number of benzene rings is 2. The lowest BCUT2D eigenvalue weighted by Crippen LogP contribution is -2.19. The molecule has 0 saturated heterocycles. The van der Waals surface area contributed by atoms with E-state index >= 15 is 0 Å². The van der Waals surface area contributed by atoms with Crippen molar-refractivity contribution in [3.8, 4) is 5.69 Å². The fourth-order valence-corrected chi connectivity index (χ4v) is 3.07. The molecule has 2 amide bonds. The fraction of sp³-hybridized carbons (Fsp3) is 0.182. The molecule has 178 valence electrons. The number of carbonyl (C=O) groups is 3. The van der Waals surface area contributed by atoms with Gasteiger partial charge in [0, 0.05) is 22.4 Å². The van der Waals surface area contributed by atoms with Gasteiger partial charge in [0.1, 0.15) is 11.4 Å². The molecule has 3 rings (SSSR count). The summed E-state index contributed by atoms with van der Waals surface area (Å²) >= 11 is 0. The number of hydrogen-bond acceptors (Lipinski definition) is 5. The second kappa shape index (κ2) is 9.33. The lowest BCUT2D eigenvalue weighted by Gasteiger charge is -2.13. The molecule has 0 spiro atoms. The summed E-state index contributed by atoms with van der Waals surface area (Å²) in [6.45, 7) is 2.73. The molecule has 0 saturated carbocycles. The van der Waals surface area contributed by atoms with Crippen molar-refractivity contribution in [1.82, 2.24) is 9.78 Å². The van der Waals surface area contributed by atoms with Crippen molar-refractivity contribution in [3.63, 3.8) is 0 Å². The molecule has 2 aromatic carbocycles. The van der Waals surface area contributed by atoms with Crippen LogP contribution in [0.5, 0.6) is 0 Å². The van der Waals surface area contributed by atoms with Crippen LogP contribution in [0.2, 0.25) is 0 Å². The van der Waals surface area contributed by atoms with Crippen molar-refractivity contribution in [3.05, 3.63) is 76.4 Å². The molecular formula is C22H18F4N4O4. The van der Waals surface area contributed by atoms with Crippen LogP contribution in [0.1, 0.15) is 49.3 Å². The molecule has 8 nitrogen and oxygen atoms in total. The zero-order valence-corrected chi connectivity index (χ0v) is 17.9. The van der Waals surface area contributed by atoms with E-state index in [9.17, 15) is 31.9 Å². The quantitative estimate of drug-likeness (QED) is 0.412. The van der Waals surface area contributed by atoms with Gasteiger partial charge in [-0.2, -0.15) is 18.3 Å². The van der Waals surface area contributed by atoms with Crippen LogP contribution in [-0.4, -0.2) is 34.2 Å². The fourth-order valence-electron chi connectivity index (χ4n) is 3.07. The number of alkyl halides is 3. The average molecular weight is 478 g/mol. The molecule has 0 aliphatic heterocycles. The Bertz CT molecular complexity index is 1270. The smallest absolute Gasteiger partial charge is 0.434 e. The van der Waals surface area contributed by atoms with Crippen LogP contribution in [0.3, 0.4) is 0 Å². The predicted octanol–water partition coefficient (Wildman–Crippen LogP) is 3.87. The number of nitrogens with two attached hydrogens (primary N) is 1. The summed E-state index contributed by atoms with van der Waals surface area (Å²) in [4.78, 5) is 35.8. The van der Waals surface area contributed by atoms with E-state index < -0.39 is 41.0 Å². The van der Waals surface area contributed by atoms with Gasteiger partial charge in [-0.25, -0.2) is 13.9 Å². The summed E-state index contributed by atoms with van der Waals surface area (Å²) in [5.74, 6) is -3.52. The molecule has 3 N–H and O–H groups in total. The second-order valence-corrected chi connectivity index (χ2v) is 7.03. The number of amides is 2. The third kappa shape index (κ3) is 4.90. The van der Waals surface area contributed by atoms with E-state index in [4.69, 9.17) is 5.73 Å². The monoisotopic (exact) mass is 478 g/mol. The zero-order chi connectivity index (χ0) is 25.2. The molecule has 0 unspecified atom stereocenters. The van der Waals surface area contributed by atoms with Crippen molar-refractivity contribution in [1.29, 1.82) is 0 Å². The van der Waals surface area contributed by atoms with Gasteiger partial charge in [0.15, 0.2) is 5.69 Å². The van der Waals surface area contributed by atoms with Gasteiger partial charge in [-0.05, 0) is 50.2 Å². The number of aromatic nitrogens is 2. The van der Waals surface area contributed by atoms with Crippen LogP contribution in [0.4, 0.5) is 23.2 Å². The highest BCUT2D eigenvalue weighted by molar-refractivity contribution is 6.05. The first-order valence-electron chi connectivity index (χ1n) is 9.78. The normalized spacial score (nSPS) is 11.2. The number of primary amides is 1. The van der Waals surface area contributed by atoms with Crippen molar-refractivity contribution < 1.29 is 36.7 Å². The summed E-state index contributed by atoms with van der Waals surface area (Å²) in [5, 5.41) is 6.10. The van der Waals surface area contributed by atoms with E-state index in [0.29, 0.717) is 4.68 Å². The lowest BCUT2D eigenvalue weighted by molar-refractivity contribution is -0.143. The lowest BCUT2D eigenvalue weighted by atomic mass is 10.1. The number of esters is 1. The topological polar surface area (TPSA) is 116 Å². The Morgan fingerprint density at radius 2 is 1.76 bits per heavy atom. The summed E-state index contributed by atoms with van der Waals surface area (Å²) in [5.41, 5.74) is 2.97. The first kappa shape index (κ1) is 24.4. The minimum absolute atomic E-state index is 0.00777. The summed E-state index contributed by atoms with van der Waals surface area (Å²) in [6.07, 6.45) is -4.16. The van der Waals surface area contributed by atoms with Crippen LogP contribution >= 0.6 is 0 Å². The molecule has 0 aliphatic carbocycles. The number of rotatable bonds is 6. The van der Waals surface area contributed by atoms with Crippen LogP contribution < -0.4 is 11.1 Å². The maximum Gasteiger partial charge on any atom is 0.434 e. The van der Waals surface area contributed by atoms with Gasteiger partial charge < -0.3 is 15.8 Å². The van der Waals surface area contributed by atoms with Crippen LogP contribution in [0.15, 0.2) is 42.6 Å². The maximum absolute atomic E-state index is 14.0. The van der Waals surface area contributed by atoms with Gasteiger partial charge in [-0.1, -0.05) is 0 Å². The minimum atomic E-state index is -4.91. The Morgan fingerprint density at radius 1 is 1.12 bits per heavy atom. The molecular weight excluding hydrogens is 460 g/mol. The molecule has 3 aromatic rings. The Morgan fingerprint density at radius 3 is 2.32 bits per heavy atom. The highest BCUT2D eigenvalue weighted by Crippen LogP contribution is 2.34. The third-order valence-corrected chi connectivity index (χ3v) is 4.78. The number of nitrogens with one attached hydrogen (secondary N) is 1. The van der Waals surface area contributed by atoms with E-state index in [-0.39, 0.29) is 34.7 Å². The predicted molar refractivity (Wildman–Crippen MR) is 112 cm³/mol. The SMILES string of the molecule is CCOC(=O)c1cnn(-c2ccc(C(=O)Nc3cc(C(N)=O)cc(F)c3C)cc2)c1C(F)(F)F. The standard InChI is InChI=1S/C22H18F4N4O4/c1-3-34-21(33)15-10-28-30(18(15)22(24,25)26)14-6-4-12(5-7-14)20(32)29-17-9-13(19(27)31)8-16(23)11(17)2/h4-10H,3H2,1-2H3,(H2,27,31)(H,29,32). The average Bonchev–Trinajstić information content (AvgIpc) is 3.23. The molecule has 0 aliphatic rings. The number of halogens is 4. The number of anilines is 1. The van der Waals surface area contributed by atoms with Gasteiger partial charge in [-0.3, -0.25) is 9.59 Å². The first-order valence-corrected chi connectivity index (χ1v) is 9.78. The van der Waals surface area contributed by atoms with Gasteiger partial charge in [0.05, 0.1) is 18.5 Å². The van der Waals surface area contributed by atoms with Crippen molar-refractivity contribution in [2.45, 2.75) is 20.0 Å². The summed E-state index contributed by atoms with van der Waals surface area (Å²) in [6, 6.07) is 6.98. The van der Waals surface area contributed by atoms with Crippen LogP contribution in [0, 0.1) is 12.7 Å². The van der Waals surface area contributed by atoms with Gasteiger partial charge in [0.25, 0.3) is 5.91 Å². The number of carbonyl (C=O) groups excluding carboxylic acids is 3. The van der Waals surface area contributed by atoms with E-state index in [1.807, 2.05) is 0 Å². The minimum Gasteiger partial charge on any atom is -0.462 e. The molecule has 0 atom stereocenters. The second-order valence-electron chi connectivity index (χ2n) is 7.03. The van der Waals surface area contributed by atoms with Gasteiger partial charge in [0.2, 0.25) is 5.91 Å². The van der Waals surface area contributed by atoms with Crippen molar-refractivity contribution in [2.24, 2.45) is 5.73 Å². The van der Waals surface area contributed by atoms with Crippen LogP contribution in [0.25, 0.3) is 5.69 Å². The molecule has 12 heteroatoms. The molecule has 1 heterocycles. The first-order chi connectivity index (χ1) is 15.9. The number of nitrogens with zero attached hydrogens (tertiary/aromatic N) is 2. The molecule has 0 bridgehead atoms. The van der Waals surface area contributed by atoms with Crippen molar-refractivity contribution in [2.75, 3.05) is 11.9 Å². The highest BCUT2D eigenvalue weighted by atomic mass is 19.4. The van der Waals surface area contributed by atoms with Crippen LogP contribution in [-0.2, 0) is 10.9 Å². The summed E-state index contributed by atoms with van der Waals surface area (Å²) < 4.78 is 60.1. The van der Waals surface area contributed by atoms with E-state index in [1.165, 1.54) is 44.2 Å². The molecule has 34 heavy (non-hydrogen) atoms.